The molecule has 0 radical (unpaired) electrons. The topological polar surface area (TPSA) is 67.2 Å². The Labute approximate surface area is 89.1 Å². The molecule has 1 aromatic rings. The highest BCUT2D eigenvalue weighted by atomic mass is 16.4. The van der Waals surface area contributed by atoms with E-state index in [0.717, 1.165) is 25.5 Å². The fourth-order valence-electron chi connectivity index (χ4n) is 1.33. The van der Waals surface area contributed by atoms with E-state index in [2.05, 4.69) is 17.2 Å². The van der Waals surface area contributed by atoms with Gasteiger partial charge < -0.3 is 15.0 Å². The van der Waals surface area contributed by atoms with Crippen molar-refractivity contribution in [3.8, 4) is 0 Å². The van der Waals surface area contributed by atoms with E-state index in [1.165, 1.54) is 0 Å². The summed E-state index contributed by atoms with van der Waals surface area (Å²) in [6, 6.07) is 0. The molecule has 5 heteroatoms. The third-order valence-electron chi connectivity index (χ3n) is 2.16. The number of unbranched alkanes of at least 4 members (excludes halogenated alkanes) is 1. The van der Waals surface area contributed by atoms with Crippen molar-refractivity contribution >= 4 is 11.9 Å². The molecule has 0 atom stereocenters. The third-order valence-corrected chi connectivity index (χ3v) is 2.16. The van der Waals surface area contributed by atoms with E-state index < -0.39 is 5.97 Å². The van der Waals surface area contributed by atoms with Crippen molar-refractivity contribution in [2.75, 3.05) is 11.9 Å². The van der Waals surface area contributed by atoms with Gasteiger partial charge in [0, 0.05) is 31.9 Å². The molecule has 0 fully saturated rings. The zero-order valence-corrected chi connectivity index (χ0v) is 8.94. The van der Waals surface area contributed by atoms with E-state index in [4.69, 9.17) is 5.11 Å². The number of nitrogens with one attached hydrogen (secondary N) is 1. The van der Waals surface area contributed by atoms with Crippen molar-refractivity contribution in [1.29, 1.82) is 0 Å². The predicted molar refractivity (Wildman–Crippen MR) is 57.9 cm³/mol. The van der Waals surface area contributed by atoms with Crippen molar-refractivity contribution in [1.82, 2.24) is 9.55 Å². The Balaban J connectivity index is 2.17. The van der Waals surface area contributed by atoms with Crippen LogP contribution in [-0.2, 0) is 11.3 Å². The summed E-state index contributed by atoms with van der Waals surface area (Å²) in [6.07, 6.45) is 5.46. The van der Waals surface area contributed by atoms with E-state index in [1.54, 1.807) is 6.20 Å². The molecule has 0 saturated carbocycles. The number of aryl methyl sites for hydroxylation is 1. The Morgan fingerprint density at radius 2 is 2.40 bits per heavy atom. The van der Waals surface area contributed by atoms with Gasteiger partial charge in [-0.05, 0) is 19.8 Å². The average molecular weight is 211 g/mol. The molecule has 2 N–H and O–H groups in total. The quantitative estimate of drug-likeness (QED) is 0.672. The standard InChI is InChI=1S/C10H17N3O2/c1-2-13-8-7-12-10(13)11-6-4-3-5-9(14)15/h7-8H,2-6H2,1H3,(H,11,12)(H,14,15). The number of hydrogen-bond acceptors (Lipinski definition) is 3. The molecule has 0 bridgehead atoms. The van der Waals surface area contributed by atoms with Gasteiger partial charge >= 0.3 is 5.97 Å². The van der Waals surface area contributed by atoms with Gasteiger partial charge in [0.1, 0.15) is 0 Å². The summed E-state index contributed by atoms with van der Waals surface area (Å²) < 4.78 is 2.01. The lowest BCUT2D eigenvalue weighted by Gasteiger charge is -2.06. The Hall–Kier alpha value is -1.52. The van der Waals surface area contributed by atoms with E-state index >= 15 is 0 Å². The molecular weight excluding hydrogens is 194 g/mol. The molecule has 0 amide bonds. The highest BCUT2D eigenvalue weighted by molar-refractivity contribution is 5.66. The van der Waals surface area contributed by atoms with Gasteiger partial charge in [-0.1, -0.05) is 0 Å². The average Bonchev–Trinajstić information content (AvgIpc) is 2.64. The highest BCUT2D eigenvalue weighted by Crippen LogP contribution is 2.04. The van der Waals surface area contributed by atoms with Gasteiger partial charge in [0.15, 0.2) is 0 Å². The van der Waals surface area contributed by atoms with Crippen LogP contribution in [-0.4, -0.2) is 27.2 Å². The first kappa shape index (κ1) is 11.6. The maximum absolute atomic E-state index is 10.3. The van der Waals surface area contributed by atoms with E-state index in [1.807, 2.05) is 10.8 Å². The number of carbonyl (C=O) groups is 1. The number of nitrogens with zero attached hydrogens (tertiary/aromatic N) is 2. The van der Waals surface area contributed by atoms with E-state index in [9.17, 15) is 4.79 Å². The molecule has 0 aliphatic carbocycles. The van der Waals surface area contributed by atoms with Crippen LogP contribution in [0.4, 0.5) is 5.95 Å². The first-order chi connectivity index (χ1) is 7.24. The smallest absolute Gasteiger partial charge is 0.303 e. The SMILES string of the molecule is CCn1ccnc1NCCCCC(=O)O. The zero-order valence-electron chi connectivity index (χ0n) is 8.94. The molecule has 1 aromatic heterocycles. The van der Waals surface area contributed by atoms with Gasteiger partial charge in [-0.15, -0.1) is 0 Å². The number of aromatic nitrogens is 2. The number of aliphatic carboxylic acids is 1. The van der Waals surface area contributed by atoms with Crippen LogP contribution in [0.2, 0.25) is 0 Å². The lowest BCUT2D eigenvalue weighted by atomic mass is 10.2. The Morgan fingerprint density at radius 3 is 3.07 bits per heavy atom. The number of anilines is 1. The Kier molecular flexibility index (Phi) is 4.66. The van der Waals surface area contributed by atoms with Crippen LogP contribution in [0, 0.1) is 0 Å². The molecule has 1 rings (SSSR count). The van der Waals surface area contributed by atoms with E-state index in [0.29, 0.717) is 6.42 Å². The Morgan fingerprint density at radius 1 is 1.60 bits per heavy atom. The molecule has 0 aromatic carbocycles. The first-order valence-electron chi connectivity index (χ1n) is 5.21. The van der Waals surface area contributed by atoms with Crippen molar-refractivity contribution in [2.45, 2.75) is 32.7 Å². The Bertz CT molecular complexity index is 309. The minimum Gasteiger partial charge on any atom is -0.481 e. The van der Waals surface area contributed by atoms with Gasteiger partial charge in [-0.2, -0.15) is 0 Å². The molecule has 5 nitrogen and oxygen atoms in total. The molecule has 0 unspecified atom stereocenters. The van der Waals surface area contributed by atoms with Gasteiger partial charge in [0.2, 0.25) is 5.95 Å². The summed E-state index contributed by atoms with van der Waals surface area (Å²) in [7, 11) is 0. The number of imidazole rings is 1. The molecule has 15 heavy (non-hydrogen) atoms. The summed E-state index contributed by atoms with van der Waals surface area (Å²) >= 11 is 0. The van der Waals surface area contributed by atoms with Crippen LogP contribution < -0.4 is 5.32 Å². The second-order valence-electron chi connectivity index (χ2n) is 3.31. The lowest BCUT2D eigenvalue weighted by Crippen LogP contribution is -2.08. The maximum atomic E-state index is 10.3. The van der Waals surface area contributed by atoms with Crippen LogP contribution in [0.15, 0.2) is 12.4 Å². The molecule has 0 saturated heterocycles. The van der Waals surface area contributed by atoms with Crippen molar-refractivity contribution < 1.29 is 9.90 Å². The monoisotopic (exact) mass is 211 g/mol. The molecule has 0 aliphatic rings. The number of hydrogen-bond donors (Lipinski definition) is 2. The second kappa shape index (κ2) is 6.06. The third kappa shape index (κ3) is 4.01. The lowest BCUT2D eigenvalue weighted by molar-refractivity contribution is -0.137. The van der Waals surface area contributed by atoms with Crippen LogP contribution in [0.25, 0.3) is 0 Å². The van der Waals surface area contributed by atoms with Gasteiger partial charge in [-0.25, -0.2) is 4.98 Å². The molecule has 84 valence electrons. The fourth-order valence-corrected chi connectivity index (χ4v) is 1.33. The highest BCUT2D eigenvalue weighted by Gasteiger charge is 2.00. The normalized spacial score (nSPS) is 10.2. The van der Waals surface area contributed by atoms with Gasteiger partial charge in [0.25, 0.3) is 0 Å². The number of carboxylic acid groups (broad SMARTS) is 1. The van der Waals surface area contributed by atoms with Crippen LogP contribution in [0.5, 0.6) is 0 Å². The molecule has 1 heterocycles. The number of rotatable bonds is 7. The summed E-state index contributed by atoms with van der Waals surface area (Å²) in [4.78, 5) is 14.4. The van der Waals surface area contributed by atoms with Gasteiger partial charge in [0.05, 0.1) is 0 Å². The molecule has 0 spiro atoms. The minimum absolute atomic E-state index is 0.240. The van der Waals surface area contributed by atoms with Gasteiger partial charge in [-0.3, -0.25) is 4.79 Å². The van der Waals surface area contributed by atoms with Crippen molar-refractivity contribution in [3.05, 3.63) is 12.4 Å². The second-order valence-corrected chi connectivity index (χ2v) is 3.31. The largest absolute Gasteiger partial charge is 0.481 e. The van der Waals surface area contributed by atoms with E-state index in [-0.39, 0.29) is 6.42 Å². The van der Waals surface area contributed by atoms with Crippen LogP contribution in [0.3, 0.4) is 0 Å². The maximum Gasteiger partial charge on any atom is 0.303 e. The predicted octanol–water partition coefficient (Wildman–Crippen LogP) is 1.57. The summed E-state index contributed by atoms with van der Waals surface area (Å²) in [5.41, 5.74) is 0. The minimum atomic E-state index is -0.731. The summed E-state index contributed by atoms with van der Waals surface area (Å²) in [5, 5.41) is 11.6. The van der Waals surface area contributed by atoms with Crippen LogP contribution >= 0.6 is 0 Å². The fraction of sp³-hybridized carbons (Fsp3) is 0.600. The van der Waals surface area contributed by atoms with Crippen LogP contribution in [0.1, 0.15) is 26.2 Å². The summed E-state index contributed by atoms with van der Waals surface area (Å²) in [5.74, 6) is 0.123. The zero-order chi connectivity index (χ0) is 11.1. The van der Waals surface area contributed by atoms with Crippen molar-refractivity contribution in [2.24, 2.45) is 0 Å². The van der Waals surface area contributed by atoms with Crippen molar-refractivity contribution in [3.63, 3.8) is 0 Å². The molecular formula is C10H17N3O2. The number of carboxylic acids is 1. The first-order valence-corrected chi connectivity index (χ1v) is 5.21. The molecule has 0 aliphatic heterocycles. The summed E-state index contributed by atoms with van der Waals surface area (Å²) in [6.45, 7) is 3.71.